The normalized spacial score (nSPS) is 11.7. The second-order valence-electron chi connectivity index (χ2n) is 8.88. The molecule has 0 unspecified atom stereocenters. The summed E-state index contributed by atoms with van der Waals surface area (Å²) in [4.78, 5) is 22.3. The molecule has 162 valence electrons. The van der Waals surface area contributed by atoms with Crippen molar-refractivity contribution in [2.45, 2.75) is 38.5 Å². The molecule has 0 bridgehead atoms. The van der Waals surface area contributed by atoms with E-state index in [0.29, 0.717) is 0 Å². The van der Waals surface area contributed by atoms with E-state index in [1.54, 1.807) is 0 Å². The lowest BCUT2D eigenvalue weighted by Crippen LogP contribution is -2.43. The molecule has 0 aliphatic heterocycles. The van der Waals surface area contributed by atoms with Crippen LogP contribution >= 0.6 is 0 Å². The first-order chi connectivity index (χ1) is 13.1. The van der Waals surface area contributed by atoms with E-state index in [1.165, 1.54) is 50.9 Å². The molecule has 0 radical (unpaired) electrons. The molecular weight excluding hydrogens is 352 g/mol. The first-order valence-corrected chi connectivity index (χ1v) is 10.6. The Bertz CT molecular complexity index is 443. The van der Waals surface area contributed by atoms with Crippen molar-refractivity contribution >= 4 is 11.8 Å². The largest absolute Gasteiger partial charge is 0.352 e. The summed E-state index contributed by atoms with van der Waals surface area (Å²) in [5.74, 6) is -0.179. The number of carbonyl (C=O) groups is 2. The van der Waals surface area contributed by atoms with Crippen molar-refractivity contribution in [3.8, 4) is 0 Å². The van der Waals surface area contributed by atoms with Crippen LogP contribution in [0, 0.1) is 0 Å². The SMILES string of the molecule is C=CC(=O)NCCC[N+](C)(C)CCCCCC[N+](C)(C)CCCNC(=O)C=C. The highest BCUT2D eigenvalue weighted by atomic mass is 16.2. The average Bonchev–Trinajstić information content (AvgIpc) is 2.64. The van der Waals surface area contributed by atoms with E-state index in [1.807, 2.05) is 0 Å². The van der Waals surface area contributed by atoms with Gasteiger partial charge in [0.05, 0.1) is 54.4 Å². The van der Waals surface area contributed by atoms with Crippen LogP contribution in [-0.4, -0.2) is 88.2 Å². The summed E-state index contributed by atoms with van der Waals surface area (Å²) in [7, 11) is 9.06. The van der Waals surface area contributed by atoms with Gasteiger partial charge < -0.3 is 19.6 Å². The van der Waals surface area contributed by atoms with Gasteiger partial charge in [0.1, 0.15) is 0 Å². The van der Waals surface area contributed by atoms with Crippen molar-refractivity contribution in [2.75, 3.05) is 67.5 Å². The number of carbonyl (C=O) groups excluding carboxylic acids is 2. The Morgan fingerprint density at radius 3 is 1.29 bits per heavy atom. The first-order valence-electron chi connectivity index (χ1n) is 10.6. The van der Waals surface area contributed by atoms with Crippen LogP contribution in [0.2, 0.25) is 0 Å². The van der Waals surface area contributed by atoms with Crippen LogP contribution in [0.15, 0.2) is 25.3 Å². The maximum atomic E-state index is 11.1. The summed E-state index contributed by atoms with van der Waals surface area (Å²) < 4.78 is 2.00. The van der Waals surface area contributed by atoms with E-state index in [9.17, 15) is 9.59 Å². The molecule has 0 fully saturated rings. The molecule has 0 atom stereocenters. The van der Waals surface area contributed by atoms with E-state index in [4.69, 9.17) is 0 Å². The molecule has 0 spiro atoms. The van der Waals surface area contributed by atoms with E-state index in [2.05, 4.69) is 52.0 Å². The molecule has 0 aliphatic carbocycles. The van der Waals surface area contributed by atoms with Crippen molar-refractivity contribution in [3.63, 3.8) is 0 Å². The summed E-state index contributed by atoms with van der Waals surface area (Å²) in [6, 6.07) is 0. The molecule has 0 saturated carbocycles. The molecule has 2 N–H and O–H groups in total. The smallest absolute Gasteiger partial charge is 0.243 e. The summed E-state index contributed by atoms with van der Waals surface area (Å²) in [5.41, 5.74) is 0. The van der Waals surface area contributed by atoms with Crippen LogP contribution in [0.5, 0.6) is 0 Å². The van der Waals surface area contributed by atoms with Crippen LogP contribution in [0.3, 0.4) is 0 Å². The zero-order valence-corrected chi connectivity index (χ0v) is 18.8. The average molecular weight is 397 g/mol. The molecular formula is C22H44N4O2+2. The van der Waals surface area contributed by atoms with Crippen molar-refractivity contribution in [1.82, 2.24) is 10.6 Å². The second-order valence-corrected chi connectivity index (χ2v) is 8.88. The van der Waals surface area contributed by atoms with E-state index in [0.717, 1.165) is 48.0 Å². The minimum atomic E-state index is -0.0897. The van der Waals surface area contributed by atoms with Gasteiger partial charge in [-0.3, -0.25) is 9.59 Å². The maximum Gasteiger partial charge on any atom is 0.243 e. The Kier molecular flexibility index (Phi) is 13.5. The Morgan fingerprint density at radius 1 is 0.643 bits per heavy atom. The molecule has 2 amide bonds. The van der Waals surface area contributed by atoms with Gasteiger partial charge in [0.2, 0.25) is 11.8 Å². The lowest BCUT2D eigenvalue weighted by Gasteiger charge is -2.31. The van der Waals surface area contributed by atoms with Gasteiger partial charge >= 0.3 is 0 Å². The van der Waals surface area contributed by atoms with Crippen molar-refractivity contribution in [3.05, 3.63) is 25.3 Å². The van der Waals surface area contributed by atoms with Crippen LogP contribution < -0.4 is 10.6 Å². The lowest BCUT2D eigenvalue weighted by molar-refractivity contribution is -0.891. The molecule has 6 heteroatoms. The molecule has 0 aromatic heterocycles. The van der Waals surface area contributed by atoms with Gasteiger partial charge in [0.25, 0.3) is 0 Å². The molecule has 0 saturated heterocycles. The molecule has 6 nitrogen and oxygen atoms in total. The first kappa shape index (κ1) is 26.3. The van der Waals surface area contributed by atoms with Gasteiger partial charge in [-0.25, -0.2) is 0 Å². The third-order valence-electron chi connectivity index (χ3n) is 5.13. The quantitative estimate of drug-likeness (QED) is 0.225. The highest BCUT2D eigenvalue weighted by Crippen LogP contribution is 2.09. The molecule has 0 aliphatic rings. The fourth-order valence-electron chi connectivity index (χ4n) is 3.24. The monoisotopic (exact) mass is 396 g/mol. The summed E-state index contributed by atoms with van der Waals surface area (Å²) in [6.07, 6.45) is 9.65. The Labute approximate surface area is 172 Å². The van der Waals surface area contributed by atoms with E-state index in [-0.39, 0.29) is 11.8 Å². The Morgan fingerprint density at radius 2 is 0.964 bits per heavy atom. The van der Waals surface area contributed by atoms with Gasteiger partial charge in [-0.2, -0.15) is 0 Å². The molecule has 28 heavy (non-hydrogen) atoms. The standard InChI is InChI=1S/C22H42N4O2/c1-7-21(27)23-15-13-19-25(3,4)17-11-9-10-12-18-26(5,6)20-14-16-24-22(28)8-2/h7-8H,1-2,9-20H2,3-6H3/p+2. The number of nitrogens with one attached hydrogen (secondary N) is 2. The van der Waals surface area contributed by atoms with Crippen molar-refractivity contribution in [2.24, 2.45) is 0 Å². The van der Waals surface area contributed by atoms with Gasteiger partial charge in [-0.05, 0) is 37.8 Å². The predicted molar refractivity (Wildman–Crippen MR) is 118 cm³/mol. The Hall–Kier alpha value is -1.66. The zero-order chi connectivity index (χ0) is 21.5. The fraction of sp³-hybridized carbons (Fsp3) is 0.727. The topological polar surface area (TPSA) is 58.2 Å². The number of hydrogen-bond acceptors (Lipinski definition) is 2. The van der Waals surface area contributed by atoms with E-state index >= 15 is 0 Å². The number of quaternary nitrogens is 2. The van der Waals surface area contributed by atoms with Crippen LogP contribution in [0.4, 0.5) is 0 Å². The molecule has 0 aromatic rings. The predicted octanol–water partition coefficient (Wildman–Crippen LogP) is 2.08. The number of rotatable bonds is 17. The fourth-order valence-corrected chi connectivity index (χ4v) is 3.24. The number of hydrogen-bond donors (Lipinski definition) is 2. The minimum Gasteiger partial charge on any atom is -0.352 e. The van der Waals surface area contributed by atoms with Gasteiger partial charge in [-0.15, -0.1) is 0 Å². The van der Waals surface area contributed by atoms with Gasteiger partial charge in [0.15, 0.2) is 0 Å². The summed E-state index contributed by atoms with van der Waals surface area (Å²) in [6.45, 7) is 12.9. The highest BCUT2D eigenvalue weighted by Gasteiger charge is 2.16. The van der Waals surface area contributed by atoms with Crippen LogP contribution in [0.1, 0.15) is 38.5 Å². The third kappa shape index (κ3) is 15.4. The lowest BCUT2D eigenvalue weighted by atomic mass is 10.1. The van der Waals surface area contributed by atoms with Gasteiger partial charge in [-0.1, -0.05) is 13.2 Å². The summed E-state index contributed by atoms with van der Waals surface area (Å²) >= 11 is 0. The van der Waals surface area contributed by atoms with Crippen LogP contribution in [0.25, 0.3) is 0 Å². The highest BCUT2D eigenvalue weighted by molar-refractivity contribution is 5.87. The third-order valence-corrected chi connectivity index (χ3v) is 5.13. The Balaban J connectivity index is 3.74. The van der Waals surface area contributed by atoms with Crippen molar-refractivity contribution in [1.29, 1.82) is 0 Å². The number of unbranched alkanes of at least 4 members (excludes halogenated alkanes) is 3. The maximum absolute atomic E-state index is 11.1. The molecule has 0 aromatic carbocycles. The zero-order valence-electron chi connectivity index (χ0n) is 18.8. The number of amides is 2. The van der Waals surface area contributed by atoms with Crippen molar-refractivity contribution < 1.29 is 18.6 Å². The molecule has 0 rings (SSSR count). The van der Waals surface area contributed by atoms with E-state index < -0.39 is 0 Å². The summed E-state index contributed by atoms with van der Waals surface area (Å²) in [5, 5.41) is 5.67. The number of nitrogens with zero attached hydrogens (tertiary/aromatic N) is 2. The molecule has 0 heterocycles. The minimum absolute atomic E-state index is 0.0897. The van der Waals surface area contributed by atoms with Crippen LogP contribution in [-0.2, 0) is 9.59 Å². The second kappa shape index (κ2) is 14.4. The van der Waals surface area contributed by atoms with Gasteiger partial charge in [0, 0.05) is 25.9 Å².